The Balaban J connectivity index is 0.959. The minimum atomic E-state index is -0.486. The van der Waals surface area contributed by atoms with E-state index in [2.05, 4.69) is 270 Å². The number of benzene rings is 10. The highest BCUT2D eigenvalue weighted by Crippen LogP contribution is 2.56. The van der Waals surface area contributed by atoms with Crippen LogP contribution in [0, 0.1) is 0 Å². The molecule has 13 rings (SSSR count). The molecule has 67 heavy (non-hydrogen) atoms. The second-order valence-corrected chi connectivity index (χ2v) is 17.9. The van der Waals surface area contributed by atoms with Gasteiger partial charge >= 0.3 is 0 Å². The molecule has 2 nitrogen and oxygen atoms in total. The summed E-state index contributed by atoms with van der Waals surface area (Å²) in [6.07, 6.45) is 7.98. The maximum atomic E-state index is 2.53. The summed E-state index contributed by atoms with van der Waals surface area (Å²) in [7, 11) is 0. The molecule has 2 heteroatoms. The molecule has 1 heterocycles. The normalized spacial score (nSPS) is 14.8. The van der Waals surface area contributed by atoms with Gasteiger partial charge in [0.1, 0.15) is 0 Å². The molecule has 10 aromatic carbocycles. The average Bonchev–Trinajstić information content (AvgIpc) is 3.90. The van der Waals surface area contributed by atoms with Crippen LogP contribution in [0.25, 0.3) is 66.1 Å². The molecule has 0 radical (unpaired) electrons. The van der Waals surface area contributed by atoms with Gasteiger partial charge in [-0.15, -0.1) is 0 Å². The Morgan fingerprint density at radius 3 is 1.75 bits per heavy atom. The molecule has 0 spiro atoms. The van der Waals surface area contributed by atoms with Gasteiger partial charge in [-0.25, -0.2) is 0 Å². The molecular weight excluding hydrogens is 809 g/mol. The van der Waals surface area contributed by atoms with Crippen molar-refractivity contribution in [1.82, 2.24) is 4.57 Å². The van der Waals surface area contributed by atoms with E-state index >= 15 is 0 Å². The predicted octanol–water partition coefficient (Wildman–Crippen LogP) is 16.5. The fourth-order valence-electron chi connectivity index (χ4n) is 11.4. The molecule has 0 amide bonds. The van der Waals surface area contributed by atoms with Gasteiger partial charge in [-0.2, -0.15) is 0 Å². The minimum Gasteiger partial charge on any atom is -0.334 e. The van der Waals surface area contributed by atoms with E-state index in [-0.39, 0.29) is 6.04 Å². The van der Waals surface area contributed by atoms with E-state index in [9.17, 15) is 0 Å². The molecule has 0 saturated heterocycles. The smallest absolute Gasteiger partial charge is 0.0713 e. The van der Waals surface area contributed by atoms with Crippen LogP contribution < -0.4 is 4.90 Å². The van der Waals surface area contributed by atoms with Gasteiger partial charge in [-0.1, -0.05) is 206 Å². The van der Waals surface area contributed by atoms with Crippen molar-refractivity contribution in [1.29, 1.82) is 0 Å². The highest BCUT2D eigenvalue weighted by molar-refractivity contribution is 6.11. The van der Waals surface area contributed by atoms with E-state index in [1.165, 1.54) is 99.6 Å². The van der Waals surface area contributed by atoms with Gasteiger partial charge in [-0.05, 0) is 122 Å². The van der Waals surface area contributed by atoms with E-state index < -0.39 is 5.41 Å². The fraction of sp³-hybridized carbons (Fsp3) is 0.0462. The predicted molar refractivity (Wildman–Crippen MR) is 282 cm³/mol. The van der Waals surface area contributed by atoms with Crippen molar-refractivity contribution in [2.24, 2.45) is 0 Å². The molecule has 0 fully saturated rings. The largest absolute Gasteiger partial charge is 0.334 e. The van der Waals surface area contributed by atoms with Crippen LogP contribution in [0.5, 0.6) is 0 Å². The number of rotatable bonds is 8. The second-order valence-electron chi connectivity index (χ2n) is 17.9. The molecule has 1 atom stereocenters. The Hall–Kier alpha value is -8.46. The molecule has 0 bridgehead atoms. The zero-order valence-corrected chi connectivity index (χ0v) is 37.0. The molecule has 0 aliphatic heterocycles. The quantitative estimate of drug-likeness (QED) is 0.148. The first-order valence-electron chi connectivity index (χ1n) is 23.4. The van der Waals surface area contributed by atoms with E-state index in [1.54, 1.807) is 0 Å². The Morgan fingerprint density at radius 2 is 1.03 bits per heavy atom. The zero-order chi connectivity index (χ0) is 44.3. The third-order valence-corrected chi connectivity index (χ3v) is 14.4. The fourth-order valence-corrected chi connectivity index (χ4v) is 11.4. The summed E-state index contributed by atoms with van der Waals surface area (Å²) in [5.41, 5.74) is 18.1. The SMILES string of the molecule is C1=CC(N(c2ccc(-c3ccc4c(c3)c3cc(C5(c6ccccc6)c6ccccc6-c6ccccc65)ccc3n4-c3ccccc3)cc2)c2cccc3ccccc23)CC=C1c1ccccc1. The molecule has 316 valence electrons. The zero-order valence-electron chi connectivity index (χ0n) is 37.0. The molecule has 1 unspecified atom stereocenters. The maximum Gasteiger partial charge on any atom is 0.0713 e. The molecule has 2 aliphatic carbocycles. The maximum absolute atomic E-state index is 2.53. The van der Waals surface area contributed by atoms with Crippen LogP contribution in [0.3, 0.4) is 0 Å². The number of fused-ring (bicyclic) bond motifs is 7. The molecule has 0 saturated carbocycles. The average molecular weight is 855 g/mol. The second kappa shape index (κ2) is 15.9. The standard InChI is InChI=1S/C65H46N2/c1-4-17-45(18-5-1)46-31-37-53(38-32-46)66(62-30-16-20-48-19-10-11-25-55(48)62)54-39-33-47(34-40-54)49-35-41-63-58(43-49)59-44-51(36-42-64(59)67(63)52-23-8-3-9-24-52)65(50-21-6-2-7-22-50)60-28-14-12-26-56(60)57-27-13-15-29-61(57)65/h1-37,39-44,53H,38H2. The van der Waals surface area contributed by atoms with Crippen LogP contribution in [0.2, 0.25) is 0 Å². The first-order chi connectivity index (χ1) is 33.2. The lowest BCUT2D eigenvalue weighted by Gasteiger charge is -2.34. The lowest BCUT2D eigenvalue weighted by molar-refractivity contribution is 0.770. The van der Waals surface area contributed by atoms with Crippen LogP contribution in [0.4, 0.5) is 11.4 Å². The van der Waals surface area contributed by atoms with Gasteiger partial charge in [0.25, 0.3) is 0 Å². The summed E-state index contributed by atoms with van der Waals surface area (Å²) in [6.45, 7) is 0. The van der Waals surface area contributed by atoms with Crippen LogP contribution in [0.15, 0.2) is 261 Å². The van der Waals surface area contributed by atoms with Gasteiger partial charge in [-0.3, -0.25) is 0 Å². The molecule has 11 aromatic rings. The van der Waals surface area contributed by atoms with Crippen LogP contribution >= 0.6 is 0 Å². The van der Waals surface area contributed by atoms with Gasteiger partial charge in [0.2, 0.25) is 0 Å². The summed E-state index contributed by atoms with van der Waals surface area (Å²) >= 11 is 0. The van der Waals surface area contributed by atoms with Crippen molar-refractivity contribution in [3.05, 3.63) is 289 Å². The molecule has 0 N–H and O–H groups in total. The number of para-hydroxylation sites is 1. The first kappa shape index (κ1) is 39.0. The van der Waals surface area contributed by atoms with Crippen molar-refractivity contribution >= 4 is 49.5 Å². The van der Waals surface area contributed by atoms with E-state index in [4.69, 9.17) is 0 Å². The minimum absolute atomic E-state index is 0.150. The monoisotopic (exact) mass is 854 g/mol. The third kappa shape index (κ3) is 6.25. The number of allylic oxidation sites excluding steroid dienone is 2. The van der Waals surface area contributed by atoms with Gasteiger partial charge in [0.05, 0.1) is 22.5 Å². The number of hydrogen-bond donors (Lipinski definition) is 0. The van der Waals surface area contributed by atoms with Gasteiger partial charge in [0, 0.05) is 33.2 Å². The number of nitrogens with zero attached hydrogens (tertiary/aromatic N) is 2. The van der Waals surface area contributed by atoms with Crippen molar-refractivity contribution in [2.75, 3.05) is 4.90 Å². The summed E-state index contributed by atoms with van der Waals surface area (Å²) in [6, 6.07) is 89.7. The van der Waals surface area contributed by atoms with Gasteiger partial charge in [0.15, 0.2) is 0 Å². The Bertz CT molecular complexity index is 3660. The van der Waals surface area contributed by atoms with E-state index in [0.29, 0.717) is 0 Å². The van der Waals surface area contributed by atoms with Crippen LogP contribution in [0.1, 0.15) is 34.2 Å². The Morgan fingerprint density at radius 1 is 0.433 bits per heavy atom. The summed E-state index contributed by atoms with van der Waals surface area (Å²) < 4.78 is 2.43. The molecule has 1 aromatic heterocycles. The highest BCUT2D eigenvalue weighted by Gasteiger charge is 2.46. The lowest BCUT2D eigenvalue weighted by atomic mass is 9.67. The number of anilines is 2. The van der Waals surface area contributed by atoms with E-state index in [1.807, 2.05) is 0 Å². The molecule has 2 aliphatic rings. The molecular formula is C65H46N2. The Labute approximate surface area is 391 Å². The van der Waals surface area contributed by atoms with Crippen molar-refractivity contribution in [2.45, 2.75) is 17.9 Å². The highest BCUT2D eigenvalue weighted by atomic mass is 15.2. The summed E-state index contributed by atoms with van der Waals surface area (Å²) in [4.78, 5) is 2.53. The van der Waals surface area contributed by atoms with Crippen molar-refractivity contribution in [3.63, 3.8) is 0 Å². The van der Waals surface area contributed by atoms with Crippen LogP contribution in [-0.4, -0.2) is 10.6 Å². The topological polar surface area (TPSA) is 8.17 Å². The first-order valence-corrected chi connectivity index (χ1v) is 23.4. The summed E-state index contributed by atoms with van der Waals surface area (Å²) in [5.74, 6) is 0. The summed E-state index contributed by atoms with van der Waals surface area (Å²) in [5, 5.41) is 4.96. The van der Waals surface area contributed by atoms with Crippen LogP contribution in [-0.2, 0) is 5.41 Å². The third-order valence-electron chi connectivity index (χ3n) is 14.4. The van der Waals surface area contributed by atoms with E-state index in [0.717, 1.165) is 12.1 Å². The van der Waals surface area contributed by atoms with Gasteiger partial charge < -0.3 is 9.47 Å². The number of aromatic nitrogens is 1. The number of hydrogen-bond acceptors (Lipinski definition) is 1. The Kier molecular flexibility index (Phi) is 9.25. The lowest BCUT2D eigenvalue weighted by Crippen LogP contribution is -2.30. The van der Waals surface area contributed by atoms with Crippen molar-refractivity contribution in [3.8, 4) is 27.9 Å². The van der Waals surface area contributed by atoms with Crippen molar-refractivity contribution < 1.29 is 0 Å².